The molecule has 0 aliphatic heterocycles. The molecule has 2 nitrogen and oxygen atoms in total. The second-order valence-corrected chi connectivity index (χ2v) is 5.26. The molecule has 3 heteroatoms. The number of anilines is 2. The van der Waals surface area contributed by atoms with Crippen LogP contribution in [0.5, 0.6) is 0 Å². The molecule has 0 bridgehead atoms. The number of fused-ring (bicyclic) bond motifs is 1. The maximum Gasteiger partial charge on any atom is 0.125 e. The molecule has 3 N–H and O–H groups in total. The zero-order valence-electron chi connectivity index (χ0n) is 11.2. The molecule has 0 unspecified atom stereocenters. The minimum absolute atomic E-state index is 0.327. The van der Waals surface area contributed by atoms with Crippen LogP contribution in [-0.4, -0.2) is 0 Å². The number of nitrogens with two attached hydrogens (primary N) is 1. The average Bonchev–Trinajstić information content (AvgIpc) is 2.86. The number of benzene rings is 2. The molecule has 0 fully saturated rings. The zero-order chi connectivity index (χ0) is 14.1. The highest BCUT2D eigenvalue weighted by molar-refractivity contribution is 5.68. The minimum Gasteiger partial charge on any atom is -0.397 e. The maximum atomic E-state index is 13.0. The molecule has 2 aromatic carbocycles. The zero-order valence-corrected chi connectivity index (χ0v) is 11.2. The first-order valence-corrected chi connectivity index (χ1v) is 6.71. The van der Waals surface area contributed by atoms with Crippen molar-refractivity contribution >= 4 is 11.4 Å². The average molecular weight is 268 g/mol. The van der Waals surface area contributed by atoms with Gasteiger partial charge in [-0.05, 0) is 42.2 Å². The molecule has 102 valence electrons. The minimum atomic E-state index is -0.327. The van der Waals surface area contributed by atoms with E-state index in [1.54, 1.807) is 6.07 Å². The molecule has 1 aliphatic rings. The van der Waals surface area contributed by atoms with Gasteiger partial charge in [0.1, 0.15) is 5.82 Å². The fraction of sp³-hybridized carbons (Fsp3) is 0.176. The van der Waals surface area contributed by atoms with Crippen molar-refractivity contribution in [3.8, 4) is 0 Å². The predicted octanol–water partition coefficient (Wildman–Crippen LogP) is 3.75. The van der Waals surface area contributed by atoms with Gasteiger partial charge in [-0.25, -0.2) is 4.39 Å². The van der Waals surface area contributed by atoms with Gasteiger partial charge in [0.25, 0.3) is 0 Å². The summed E-state index contributed by atoms with van der Waals surface area (Å²) in [5.41, 5.74) is 10.6. The van der Waals surface area contributed by atoms with Crippen LogP contribution >= 0.6 is 0 Å². The van der Waals surface area contributed by atoms with Crippen LogP contribution in [0.3, 0.4) is 0 Å². The molecule has 0 saturated heterocycles. The van der Waals surface area contributed by atoms with Gasteiger partial charge in [0, 0.05) is 11.6 Å². The smallest absolute Gasteiger partial charge is 0.125 e. The summed E-state index contributed by atoms with van der Waals surface area (Å²) in [7, 11) is 0. The van der Waals surface area contributed by atoms with E-state index in [9.17, 15) is 4.39 Å². The molecule has 0 spiro atoms. The van der Waals surface area contributed by atoms with E-state index < -0.39 is 0 Å². The SMILES string of the molecule is C=C(Nc1ccc(F)cc1N)C1Cc2ccccc2C1. The predicted molar refractivity (Wildman–Crippen MR) is 80.9 cm³/mol. The Hall–Kier alpha value is -2.29. The van der Waals surface area contributed by atoms with Gasteiger partial charge in [-0.1, -0.05) is 30.8 Å². The van der Waals surface area contributed by atoms with Crippen LogP contribution in [0.4, 0.5) is 15.8 Å². The van der Waals surface area contributed by atoms with Crippen LogP contribution in [0, 0.1) is 11.7 Å². The van der Waals surface area contributed by atoms with Crippen molar-refractivity contribution in [3.63, 3.8) is 0 Å². The van der Waals surface area contributed by atoms with Crippen molar-refractivity contribution in [2.24, 2.45) is 5.92 Å². The molecule has 0 saturated carbocycles. The summed E-state index contributed by atoms with van der Waals surface area (Å²) < 4.78 is 13.0. The Morgan fingerprint density at radius 1 is 1.15 bits per heavy atom. The highest BCUT2D eigenvalue weighted by atomic mass is 19.1. The number of rotatable bonds is 3. The maximum absolute atomic E-state index is 13.0. The lowest BCUT2D eigenvalue weighted by Crippen LogP contribution is -2.12. The Labute approximate surface area is 118 Å². The fourth-order valence-electron chi connectivity index (χ4n) is 2.73. The summed E-state index contributed by atoms with van der Waals surface area (Å²) >= 11 is 0. The van der Waals surface area contributed by atoms with Crippen molar-refractivity contribution in [3.05, 3.63) is 71.7 Å². The van der Waals surface area contributed by atoms with Crippen LogP contribution in [0.15, 0.2) is 54.7 Å². The van der Waals surface area contributed by atoms with E-state index in [2.05, 4.69) is 36.2 Å². The van der Waals surface area contributed by atoms with Crippen molar-refractivity contribution in [1.82, 2.24) is 0 Å². The topological polar surface area (TPSA) is 38.0 Å². The van der Waals surface area contributed by atoms with Crippen molar-refractivity contribution < 1.29 is 4.39 Å². The summed E-state index contributed by atoms with van der Waals surface area (Å²) in [6.07, 6.45) is 1.98. The van der Waals surface area contributed by atoms with Crippen LogP contribution in [0.25, 0.3) is 0 Å². The van der Waals surface area contributed by atoms with Gasteiger partial charge in [-0.2, -0.15) is 0 Å². The lowest BCUT2D eigenvalue weighted by Gasteiger charge is -2.17. The Bertz CT molecular complexity index is 639. The molecule has 0 heterocycles. The second-order valence-electron chi connectivity index (χ2n) is 5.26. The summed E-state index contributed by atoms with van der Waals surface area (Å²) in [6.45, 7) is 4.12. The molecule has 20 heavy (non-hydrogen) atoms. The Morgan fingerprint density at radius 3 is 2.40 bits per heavy atom. The molecule has 0 atom stereocenters. The highest BCUT2D eigenvalue weighted by Crippen LogP contribution is 2.32. The van der Waals surface area contributed by atoms with E-state index in [0.29, 0.717) is 17.3 Å². The summed E-state index contributed by atoms with van der Waals surface area (Å²) in [5, 5.41) is 3.23. The summed E-state index contributed by atoms with van der Waals surface area (Å²) in [6, 6.07) is 12.8. The molecular weight excluding hydrogens is 251 g/mol. The fourth-order valence-corrected chi connectivity index (χ4v) is 2.73. The van der Waals surface area contributed by atoms with Crippen LogP contribution in [-0.2, 0) is 12.8 Å². The van der Waals surface area contributed by atoms with Gasteiger partial charge in [-0.15, -0.1) is 0 Å². The molecule has 3 rings (SSSR count). The third kappa shape index (κ3) is 2.39. The first-order valence-electron chi connectivity index (χ1n) is 6.71. The van der Waals surface area contributed by atoms with Gasteiger partial charge in [0.05, 0.1) is 11.4 Å². The molecule has 2 aromatic rings. The number of nitrogens with one attached hydrogen (secondary N) is 1. The highest BCUT2D eigenvalue weighted by Gasteiger charge is 2.23. The molecular formula is C17H17FN2. The van der Waals surface area contributed by atoms with Gasteiger partial charge < -0.3 is 11.1 Å². The first kappa shape index (κ1) is 12.7. The third-order valence-electron chi connectivity index (χ3n) is 3.85. The van der Waals surface area contributed by atoms with Crippen LogP contribution in [0.2, 0.25) is 0 Å². The lowest BCUT2D eigenvalue weighted by atomic mass is 10.0. The van der Waals surface area contributed by atoms with Crippen LogP contribution in [0.1, 0.15) is 11.1 Å². The van der Waals surface area contributed by atoms with E-state index in [-0.39, 0.29) is 5.82 Å². The lowest BCUT2D eigenvalue weighted by molar-refractivity contribution is 0.628. The first-order chi connectivity index (χ1) is 9.63. The molecule has 1 aliphatic carbocycles. The van der Waals surface area contributed by atoms with Crippen molar-refractivity contribution in [1.29, 1.82) is 0 Å². The van der Waals surface area contributed by atoms with E-state index in [1.165, 1.54) is 23.3 Å². The van der Waals surface area contributed by atoms with Gasteiger partial charge in [0.2, 0.25) is 0 Å². The number of hydrogen-bond acceptors (Lipinski definition) is 2. The van der Waals surface area contributed by atoms with Gasteiger partial charge in [0.15, 0.2) is 0 Å². The Kier molecular flexibility index (Phi) is 3.18. The third-order valence-corrected chi connectivity index (χ3v) is 3.85. The number of nitrogen functional groups attached to an aromatic ring is 1. The normalized spacial score (nSPS) is 14.1. The Morgan fingerprint density at radius 2 is 1.80 bits per heavy atom. The monoisotopic (exact) mass is 268 g/mol. The molecule has 0 amide bonds. The van der Waals surface area contributed by atoms with Gasteiger partial charge >= 0.3 is 0 Å². The second kappa shape index (κ2) is 5.00. The quantitative estimate of drug-likeness (QED) is 0.832. The standard InChI is InChI=1S/C17H17FN2/c1-11(20-17-7-6-15(18)10-16(17)19)14-8-12-4-2-3-5-13(12)9-14/h2-7,10,14,20H,1,8-9,19H2. The number of hydrogen-bond donors (Lipinski definition) is 2. The van der Waals surface area contributed by atoms with E-state index in [1.807, 2.05) is 0 Å². The van der Waals surface area contributed by atoms with E-state index in [0.717, 1.165) is 18.5 Å². The molecule has 0 radical (unpaired) electrons. The van der Waals surface area contributed by atoms with E-state index >= 15 is 0 Å². The van der Waals surface area contributed by atoms with Crippen molar-refractivity contribution in [2.75, 3.05) is 11.1 Å². The Balaban J connectivity index is 1.72. The number of halogens is 1. The van der Waals surface area contributed by atoms with Crippen molar-refractivity contribution in [2.45, 2.75) is 12.8 Å². The summed E-state index contributed by atoms with van der Waals surface area (Å²) in [4.78, 5) is 0. The number of allylic oxidation sites excluding steroid dienone is 1. The summed E-state index contributed by atoms with van der Waals surface area (Å²) in [5.74, 6) is 0.0313. The van der Waals surface area contributed by atoms with Crippen LogP contribution < -0.4 is 11.1 Å². The molecule has 0 aromatic heterocycles. The van der Waals surface area contributed by atoms with E-state index in [4.69, 9.17) is 5.73 Å². The van der Waals surface area contributed by atoms with Gasteiger partial charge in [-0.3, -0.25) is 0 Å². The largest absolute Gasteiger partial charge is 0.397 e.